The summed E-state index contributed by atoms with van der Waals surface area (Å²) in [6, 6.07) is 14.8. The normalized spacial score (nSPS) is 13.0. The van der Waals surface area contributed by atoms with Crippen LogP contribution in [-0.2, 0) is 24.1 Å². The summed E-state index contributed by atoms with van der Waals surface area (Å²) in [5.74, 6) is 0.827. The maximum absolute atomic E-state index is 12.2. The monoisotopic (exact) mass is 420 g/mol. The molecule has 4 nitrogen and oxygen atoms in total. The average Bonchev–Trinajstić information content (AvgIpc) is 3.25. The van der Waals surface area contributed by atoms with Crippen LogP contribution >= 0.6 is 11.3 Å². The first-order valence-corrected chi connectivity index (χ1v) is 11.7. The molecule has 0 bridgehead atoms. The standard InChI is InChI=1S/C25H28N2O2S/c1-2-18-9-13-22(14-10-18)29-15-5-8-24(28)27-25-26-23(17-30-25)21-12-11-19-6-3-4-7-20(19)16-21/h9-14,16-17H,2-8,15H2,1H3,(H,26,27,28). The summed E-state index contributed by atoms with van der Waals surface area (Å²) in [6.07, 6.45) is 7.00. The van der Waals surface area contributed by atoms with Crippen molar-refractivity contribution in [2.45, 2.75) is 51.9 Å². The molecule has 1 N–H and O–H groups in total. The molecule has 5 heteroatoms. The number of nitrogens with zero attached hydrogens (tertiary/aromatic N) is 1. The molecule has 3 aromatic rings. The molecule has 30 heavy (non-hydrogen) atoms. The van der Waals surface area contributed by atoms with E-state index in [0.717, 1.165) is 29.8 Å². The second-order valence-electron chi connectivity index (χ2n) is 7.73. The fourth-order valence-corrected chi connectivity index (χ4v) is 4.52. The Morgan fingerprint density at radius 3 is 2.70 bits per heavy atom. The van der Waals surface area contributed by atoms with Crippen molar-refractivity contribution >= 4 is 22.4 Å². The molecule has 0 radical (unpaired) electrons. The van der Waals surface area contributed by atoms with Crippen molar-refractivity contribution in [1.29, 1.82) is 0 Å². The van der Waals surface area contributed by atoms with Gasteiger partial charge in [-0.25, -0.2) is 4.98 Å². The molecule has 1 aromatic heterocycles. The molecule has 1 heterocycles. The lowest BCUT2D eigenvalue weighted by molar-refractivity contribution is -0.116. The third-order valence-electron chi connectivity index (χ3n) is 5.54. The van der Waals surface area contributed by atoms with Crippen LogP contribution < -0.4 is 10.1 Å². The van der Waals surface area contributed by atoms with Crippen LogP contribution in [0.5, 0.6) is 5.75 Å². The Kier molecular flexibility index (Phi) is 6.80. The van der Waals surface area contributed by atoms with E-state index in [-0.39, 0.29) is 5.91 Å². The zero-order valence-electron chi connectivity index (χ0n) is 17.4. The van der Waals surface area contributed by atoms with E-state index < -0.39 is 0 Å². The second kappa shape index (κ2) is 9.90. The van der Waals surface area contributed by atoms with Gasteiger partial charge in [0.25, 0.3) is 0 Å². The van der Waals surface area contributed by atoms with Gasteiger partial charge in [0.2, 0.25) is 5.91 Å². The molecule has 0 aliphatic heterocycles. The van der Waals surface area contributed by atoms with Crippen molar-refractivity contribution in [1.82, 2.24) is 4.98 Å². The zero-order valence-corrected chi connectivity index (χ0v) is 18.3. The number of hydrogen-bond acceptors (Lipinski definition) is 4. The molecule has 0 unspecified atom stereocenters. The van der Waals surface area contributed by atoms with Gasteiger partial charge < -0.3 is 10.1 Å². The molecule has 0 saturated carbocycles. The molecule has 0 saturated heterocycles. The number of rotatable bonds is 8. The van der Waals surface area contributed by atoms with Crippen LogP contribution in [0.25, 0.3) is 11.3 Å². The van der Waals surface area contributed by atoms with Crippen LogP contribution in [0.15, 0.2) is 47.8 Å². The number of aromatic nitrogens is 1. The van der Waals surface area contributed by atoms with Gasteiger partial charge >= 0.3 is 0 Å². The molecule has 2 aromatic carbocycles. The van der Waals surface area contributed by atoms with Gasteiger partial charge in [0.05, 0.1) is 12.3 Å². The van der Waals surface area contributed by atoms with E-state index in [4.69, 9.17) is 4.74 Å². The van der Waals surface area contributed by atoms with Crippen LogP contribution in [0.2, 0.25) is 0 Å². The van der Waals surface area contributed by atoms with Crippen LogP contribution in [0.3, 0.4) is 0 Å². The van der Waals surface area contributed by atoms with E-state index in [2.05, 4.69) is 47.6 Å². The number of anilines is 1. The topological polar surface area (TPSA) is 51.2 Å². The summed E-state index contributed by atoms with van der Waals surface area (Å²) in [4.78, 5) is 16.9. The van der Waals surface area contributed by atoms with Gasteiger partial charge in [-0.1, -0.05) is 31.2 Å². The lowest BCUT2D eigenvalue weighted by Crippen LogP contribution is -2.12. The average molecular weight is 421 g/mol. The molecule has 156 valence electrons. The molecule has 1 aliphatic rings. The number of fused-ring (bicyclic) bond motifs is 1. The smallest absolute Gasteiger partial charge is 0.226 e. The molecule has 0 fully saturated rings. The van der Waals surface area contributed by atoms with Crippen molar-refractivity contribution < 1.29 is 9.53 Å². The number of benzene rings is 2. The first-order chi connectivity index (χ1) is 14.7. The Labute approximate surface area is 182 Å². The van der Waals surface area contributed by atoms with Gasteiger partial charge in [-0.15, -0.1) is 11.3 Å². The number of thiazole rings is 1. The first-order valence-electron chi connectivity index (χ1n) is 10.8. The van der Waals surface area contributed by atoms with Gasteiger partial charge in [0.1, 0.15) is 5.75 Å². The Hall–Kier alpha value is -2.66. The van der Waals surface area contributed by atoms with Crippen molar-refractivity contribution in [2.24, 2.45) is 0 Å². The van der Waals surface area contributed by atoms with E-state index in [0.29, 0.717) is 24.6 Å². The number of amides is 1. The van der Waals surface area contributed by atoms with Gasteiger partial charge in [0, 0.05) is 17.4 Å². The van der Waals surface area contributed by atoms with Crippen molar-refractivity contribution in [3.8, 4) is 17.0 Å². The van der Waals surface area contributed by atoms with Crippen molar-refractivity contribution in [3.63, 3.8) is 0 Å². The minimum atomic E-state index is -0.0220. The summed E-state index contributed by atoms with van der Waals surface area (Å²) >= 11 is 1.48. The Bertz CT molecular complexity index is 995. The third-order valence-corrected chi connectivity index (χ3v) is 6.30. The first kappa shape index (κ1) is 20.6. The number of carbonyl (C=O) groups is 1. The highest BCUT2D eigenvalue weighted by Crippen LogP contribution is 2.29. The number of ether oxygens (including phenoxy) is 1. The Morgan fingerprint density at radius 1 is 1.10 bits per heavy atom. The SMILES string of the molecule is CCc1ccc(OCCCC(=O)Nc2nc(-c3ccc4c(c3)CCCC4)cs2)cc1. The Balaban J connectivity index is 1.24. The van der Waals surface area contributed by atoms with Crippen LogP contribution in [-0.4, -0.2) is 17.5 Å². The summed E-state index contributed by atoms with van der Waals surface area (Å²) in [6.45, 7) is 2.66. The lowest BCUT2D eigenvalue weighted by atomic mass is 9.90. The summed E-state index contributed by atoms with van der Waals surface area (Å²) < 4.78 is 5.72. The van der Waals surface area contributed by atoms with Gasteiger partial charge in [-0.05, 0) is 73.4 Å². The molecule has 1 aliphatic carbocycles. The Morgan fingerprint density at radius 2 is 1.90 bits per heavy atom. The highest BCUT2D eigenvalue weighted by Gasteiger charge is 2.12. The summed E-state index contributed by atoms with van der Waals surface area (Å²) in [7, 11) is 0. The van der Waals surface area contributed by atoms with E-state index in [1.54, 1.807) is 0 Å². The number of aryl methyl sites for hydroxylation is 3. The van der Waals surface area contributed by atoms with Crippen molar-refractivity contribution in [2.75, 3.05) is 11.9 Å². The van der Waals surface area contributed by atoms with Crippen molar-refractivity contribution in [3.05, 3.63) is 64.5 Å². The number of hydrogen-bond donors (Lipinski definition) is 1. The van der Waals surface area contributed by atoms with Crippen LogP contribution in [0, 0.1) is 0 Å². The fourth-order valence-electron chi connectivity index (χ4n) is 3.78. The number of nitrogens with one attached hydrogen (secondary N) is 1. The van der Waals surface area contributed by atoms with Gasteiger partial charge in [0.15, 0.2) is 5.13 Å². The largest absolute Gasteiger partial charge is 0.494 e. The molecular weight excluding hydrogens is 392 g/mol. The van der Waals surface area contributed by atoms with Crippen LogP contribution in [0.4, 0.5) is 5.13 Å². The molecular formula is C25H28N2O2S. The maximum atomic E-state index is 12.2. The van der Waals surface area contributed by atoms with E-state index in [1.807, 2.05) is 17.5 Å². The molecule has 1 amide bonds. The molecule has 0 atom stereocenters. The van der Waals surface area contributed by atoms with Crippen LogP contribution in [0.1, 0.15) is 49.3 Å². The predicted octanol–water partition coefficient (Wildman–Crippen LogP) is 6.05. The minimum absolute atomic E-state index is 0.0220. The molecule has 0 spiro atoms. The van der Waals surface area contributed by atoms with E-state index >= 15 is 0 Å². The lowest BCUT2D eigenvalue weighted by Gasteiger charge is -2.16. The summed E-state index contributed by atoms with van der Waals surface area (Å²) in [5.41, 5.74) is 6.27. The van der Waals surface area contributed by atoms with Gasteiger partial charge in [-0.2, -0.15) is 0 Å². The summed E-state index contributed by atoms with van der Waals surface area (Å²) in [5, 5.41) is 5.59. The quantitative estimate of drug-likeness (QED) is 0.451. The predicted molar refractivity (Wildman–Crippen MR) is 123 cm³/mol. The molecule has 4 rings (SSSR count). The minimum Gasteiger partial charge on any atom is -0.494 e. The second-order valence-corrected chi connectivity index (χ2v) is 8.58. The van der Waals surface area contributed by atoms with E-state index in [9.17, 15) is 4.79 Å². The van der Waals surface area contributed by atoms with E-state index in [1.165, 1.54) is 47.3 Å². The highest BCUT2D eigenvalue weighted by molar-refractivity contribution is 7.14. The number of carbonyl (C=O) groups excluding carboxylic acids is 1. The zero-order chi connectivity index (χ0) is 20.8. The third kappa shape index (κ3) is 5.28. The maximum Gasteiger partial charge on any atom is 0.226 e. The highest BCUT2D eigenvalue weighted by atomic mass is 32.1. The van der Waals surface area contributed by atoms with Gasteiger partial charge in [-0.3, -0.25) is 4.79 Å². The fraction of sp³-hybridized carbons (Fsp3) is 0.360.